The van der Waals surface area contributed by atoms with Gasteiger partial charge in [0.2, 0.25) is 10.0 Å². The molecule has 62 heavy (non-hydrogen) atoms. The number of benzene rings is 4. The molecule has 1 atom stereocenters. The van der Waals surface area contributed by atoms with Gasteiger partial charge in [0.1, 0.15) is 0 Å². The molecule has 0 radical (unpaired) electrons. The van der Waals surface area contributed by atoms with Gasteiger partial charge in [-0.05, 0) is 110 Å². The van der Waals surface area contributed by atoms with E-state index in [1.165, 1.54) is 20.2 Å². The van der Waals surface area contributed by atoms with Crippen molar-refractivity contribution in [2.75, 3.05) is 47.4 Å². The number of hydrogen-bond acceptors (Lipinski definition) is 11. The predicted octanol–water partition coefficient (Wildman–Crippen LogP) is 5.59. The first-order chi connectivity index (χ1) is 29.2. The number of hydrogen-bond donors (Lipinski definition) is 5. The van der Waals surface area contributed by atoms with Gasteiger partial charge < -0.3 is 35.0 Å². The first-order valence-electron chi connectivity index (χ1n) is 19.1. The van der Waals surface area contributed by atoms with Crippen LogP contribution in [0, 0.1) is 11.3 Å². The molecule has 0 unspecified atom stereocenters. The van der Waals surface area contributed by atoms with Crippen LogP contribution in [0.5, 0.6) is 0 Å². The van der Waals surface area contributed by atoms with Gasteiger partial charge in [0, 0.05) is 25.1 Å². The summed E-state index contributed by atoms with van der Waals surface area (Å²) in [5, 5.41) is 45.9. The van der Waals surface area contributed by atoms with Crippen LogP contribution in [0.25, 0.3) is 10.8 Å². The van der Waals surface area contributed by atoms with Gasteiger partial charge in [-0.3, -0.25) is 14.4 Å². The lowest BCUT2D eigenvalue weighted by atomic mass is 9.88. The summed E-state index contributed by atoms with van der Waals surface area (Å²) in [6, 6.07) is 23.4. The van der Waals surface area contributed by atoms with Crippen molar-refractivity contribution in [3.8, 4) is 6.07 Å². The topological polar surface area (TPSA) is 252 Å². The van der Waals surface area contributed by atoms with Gasteiger partial charge in [0.05, 0.1) is 52.1 Å². The Labute approximate surface area is 368 Å². The van der Waals surface area contributed by atoms with Crippen LogP contribution in [-0.2, 0) is 29.1 Å². The Bertz CT molecular complexity index is 2470. The number of carbonyl (C=O) groups excluding carboxylic acids is 2. The van der Waals surface area contributed by atoms with Crippen LogP contribution in [0.2, 0.25) is 10.0 Å². The average molecular weight is 914 g/mol. The van der Waals surface area contributed by atoms with Crippen LogP contribution in [-0.4, -0.2) is 121 Å². The molecule has 0 saturated carbocycles. The van der Waals surface area contributed by atoms with E-state index in [0.29, 0.717) is 33.3 Å². The third kappa shape index (κ3) is 12.5. The second kappa shape index (κ2) is 21.5. The SMILES string of the molecule is CNS(=O)(=O)c1cc(C(=O)OC)ccc1C1CCN(CC[C@H](CN(C)C(=O)c2cc(C#N)cc3ccccc23)c2ccc(Cl)c(Cl)c2)CC1.O=C(O)CC(O)(CC(=O)O)C(=O)O. The Morgan fingerprint density at radius 3 is 2.16 bits per heavy atom. The van der Waals surface area contributed by atoms with E-state index in [9.17, 15) is 37.7 Å². The number of ether oxygens (including phenoxy) is 1. The molecule has 4 aromatic rings. The lowest BCUT2D eigenvalue weighted by Gasteiger charge is -2.34. The van der Waals surface area contributed by atoms with Crippen molar-refractivity contribution in [2.24, 2.45) is 0 Å². The van der Waals surface area contributed by atoms with Gasteiger partial charge in [-0.15, -0.1) is 0 Å². The van der Waals surface area contributed by atoms with E-state index < -0.39 is 52.3 Å². The van der Waals surface area contributed by atoms with Crippen molar-refractivity contribution in [3.63, 3.8) is 0 Å². The monoisotopic (exact) mass is 912 g/mol. The molecule has 4 aromatic carbocycles. The number of halogens is 2. The fourth-order valence-electron chi connectivity index (χ4n) is 7.28. The highest BCUT2D eigenvalue weighted by Gasteiger charge is 2.41. The zero-order valence-corrected chi connectivity index (χ0v) is 36.3. The number of amides is 1. The molecule has 5 rings (SSSR count). The number of nitrogens with zero attached hydrogens (tertiary/aromatic N) is 3. The van der Waals surface area contributed by atoms with Crippen LogP contribution in [0.3, 0.4) is 0 Å². The van der Waals surface area contributed by atoms with E-state index in [0.717, 1.165) is 55.2 Å². The molecule has 1 heterocycles. The number of methoxy groups -OCH3 is 1. The van der Waals surface area contributed by atoms with Gasteiger partial charge in [-0.2, -0.15) is 5.26 Å². The van der Waals surface area contributed by atoms with E-state index in [-0.39, 0.29) is 28.2 Å². The standard InChI is InChI=1S/C37H38Cl2N4O5S.C6H8O7/c1-41-49(46,47)35-21-28(37(45)48-3)8-10-31(35)25-12-15-43(16-13-25)17-14-29(26-9-11-33(38)34(39)20-26)23-42(2)36(44)32-19-24(22-40)18-27-6-4-5-7-30(27)32;7-3(8)1-6(13,5(11)12)2-4(9)10/h4-11,18-21,25,29,41H,12-17,23H2,1-3H3;13H,1-2H2,(H,7,8)(H,9,10)(H,11,12)/t29-;/m1./s1. The van der Waals surface area contributed by atoms with Crippen molar-refractivity contribution >= 4 is 73.8 Å². The summed E-state index contributed by atoms with van der Waals surface area (Å²) in [5.41, 5.74) is -0.00485. The van der Waals surface area contributed by atoms with Crippen LogP contribution < -0.4 is 4.72 Å². The van der Waals surface area contributed by atoms with E-state index in [4.69, 9.17) is 48.4 Å². The molecule has 1 fully saturated rings. The Kier molecular flexibility index (Phi) is 17.0. The zero-order valence-electron chi connectivity index (χ0n) is 34.0. The summed E-state index contributed by atoms with van der Waals surface area (Å²) in [6.45, 7) is 2.65. The minimum absolute atomic E-state index is 0.00491. The Morgan fingerprint density at radius 1 is 0.952 bits per heavy atom. The maximum atomic E-state index is 13.9. The highest BCUT2D eigenvalue weighted by molar-refractivity contribution is 7.89. The number of aliphatic hydroxyl groups is 1. The predicted molar refractivity (Wildman–Crippen MR) is 229 cm³/mol. The molecule has 1 amide bonds. The van der Waals surface area contributed by atoms with Crippen molar-refractivity contribution in [1.29, 1.82) is 5.26 Å². The van der Waals surface area contributed by atoms with E-state index in [1.807, 2.05) is 36.4 Å². The smallest absolute Gasteiger partial charge is 0.337 e. The molecule has 1 saturated heterocycles. The van der Waals surface area contributed by atoms with Crippen LogP contribution in [0.15, 0.2) is 77.7 Å². The second-order valence-electron chi connectivity index (χ2n) is 14.7. The summed E-state index contributed by atoms with van der Waals surface area (Å²) in [5.74, 6) is -5.86. The molecule has 1 aliphatic rings. The molecular formula is C43H46Cl2N4O12S. The first-order valence-corrected chi connectivity index (χ1v) is 21.4. The maximum absolute atomic E-state index is 13.9. The number of likely N-dealkylation sites (N-methyl/N-ethyl adjacent to an activating group) is 1. The number of rotatable bonds is 16. The fourth-order valence-corrected chi connectivity index (χ4v) is 8.63. The van der Waals surface area contributed by atoms with Gasteiger partial charge in [-0.1, -0.05) is 59.6 Å². The third-order valence-electron chi connectivity index (χ3n) is 10.6. The van der Waals surface area contributed by atoms with E-state index >= 15 is 0 Å². The number of aliphatic carboxylic acids is 3. The number of nitriles is 1. The lowest BCUT2D eigenvalue weighted by molar-refractivity contribution is -0.170. The molecule has 0 aliphatic carbocycles. The molecule has 1 aliphatic heterocycles. The number of piperidine rings is 1. The summed E-state index contributed by atoms with van der Waals surface area (Å²) in [4.78, 5) is 60.6. The van der Waals surface area contributed by atoms with Crippen molar-refractivity contribution < 1.29 is 57.6 Å². The summed E-state index contributed by atoms with van der Waals surface area (Å²) in [6.07, 6.45) is -0.0837. The average Bonchev–Trinajstić information content (AvgIpc) is 3.24. The quantitative estimate of drug-likeness (QED) is 0.0860. The normalized spacial score (nSPS) is 13.9. The zero-order chi connectivity index (χ0) is 45.9. The van der Waals surface area contributed by atoms with Gasteiger partial charge >= 0.3 is 23.9 Å². The molecule has 330 valence electrons. The van der Waals surface area contributed by atoms with E-state index in [2.05, 4.69) is 15.7 Å². The largest absolute Gasteiger partial charge is 0.481 e. The van der Waals surface area contributed by atoms with Crippen LogP contribution >= 0.6 is 23.2 Å². The fraction of sp³-hybridized carbons (Fsp3) is 0.349. The highest BCUT2D eigenvalue weighted by atomic mass is 35.5. The number of carbonyl (C=O) groups is 5. The Morgan fingerprint density at radius 2 is 1.60 bits per heavy atom. The van der Waals surface area contributed by atoms with Crippen molar-refractivity contribution in [2.45, 2.75) is 54.4 Å². The molecular weight excluding hydrogens is 867 g/mol. The van der Waals surface area contributed by atoms with Gasteiger partial charge in [0.25, 0.3) is 5.91 Å². The Balaban J connectivity index is 0.000000562. The number of carboxylic acid groups (broad SMARTS) is 3. The molecule has 19 heteroatoms. The number of likely N-dealkylation sites (tertiary alicyclic amines) is 1. The van der Waals surface area contributed by atoms with E-state index in [1.54, 1.807) is 42.3 Å². The second-order valence-corrected chi connectivity index (χ2v) is 17.4. The molecule has 0 spiro atoms. The van der Waals surface area contributed by atoms with Crippen molar-refractivity contribution in [1.82, 2.24) is 14.5 Å². The summed E-state index contributed by atoms with van der Waals surface area (Å²) in [7, 11) is 0.578. The van der Waals surface area contributed by atoms with Crippen molar-refractivity contribution in [3.05, 3.63) is 111 Å². The summed E-state index contributed by atoms with van der Waals surface area (Å²) < 4.78 is 33.1. The van der Waals surface area contributed by atoms with Gasteiger partial charge in [-0.25, -0.2) is 22.7 Å². The van der Waals surface area contributed by atoms with Crippen LogP contribution in [0.1, 0.15) is 81.3 Å². The number of sulfonamides is 1. The Hall–Kier alpha value is -5.61. The molecule has 0 bridgehead atoms. The number of nitrogens with one attached hydrogen (secondary N) is 1. The summed E-state index contributed by atoms with van der Waals surface area (Å²) >= 11 is 12.7. The van der Waals surface area contributed by atoms with Gasteiger partial charge in [0.15, 0.2) is 5.60 Å². The lowest BCUT2D eigenvalue weighted by Crippen LogP contribution is -2.42. The number of carboxylic acids is 3. The minimum Gasteiger partial charge on any atom is -0.481 e. The molecule has 5 N–H and O–H groups in total. The van der Waals surface area contributed by atoms with Crippen LogP contribution in [0.4, 0.5) is 0 Å². The first kappa shape index (κ1) is 49.0. The highest BCUT2D eigenvalue weighted by Crippen LogP contribution is 2.35. The maximum Gasteiger partial charge on any atom is 0.337 e. The number of esters is 1. The molecule has 0 aromatic heterocycles. The minimum atomic E-state index is -3.81. The molecule has 16 nitrogen and oxygen atoms in total. The third-order valence-corrected chi connectivity index (χ3v) is 12.8. The number of fused-ring (bicyclic) bond motifs is 1.